The first-order valence-electron chi connectivity index (χ1n) is 12.8. The number of halogens is 2. The fraction of sp³-hybridized carbons (Fsp3) is 0.704. The number of hydrogen-bond donors (Lipinski definition) is 3. The van der Waals surface area contributed by atoms with E-state index in [0.29, 0.717) is 24.5 Å². The SMILES string of the molecule is CC(C)C(NC(=O)C1CCC2(CC(Cl)CN2)C1)C(=O)N1CCC(O)(c2ccc(Cl)cc2)C(C)(C)C1. The summed E-state index contributed by atoms with van der Waals surface area (Å²) in [6.45, 7) is 9.52. The number of rotatable bonds is 5. The zero-order chi connectivity index (χ0) is 25.6. The molecule has 194 valence electrons. The summed E-state index contributed by atoms with van der Waals surface area (Å²) in [7, 11) is 0. The maximum Gasteiger partial charge on any atom is 0.245 e. The smallest absolute Gasteiger partial charge is 0.245 e. The van der Waals surface area contributed by atoms with Gasteiger partial charge in [0.25, 0.3) is 0 Å². The first-order valence-corrected chi connectivity index (χ1v) is 13.6. The molecular weight excluding hydrogens is 485 g/mol. The predicted octanol–water partition coefficient (Wildman–Crippen LogP) is 4.07. The summed E-state index contributed by atoms with van der Waals surface area (Å²) in [6, 6.07) is 6.70. The highest BCUT2D eigenvalue weighted by molar-refractivity contribution is 6.30. The molecule has 1 aliphatic carbocycles. The Bertz CT molecular complexity index is 953. The summed E-state index contributed by atoms with van der Waals surface area (Å²) in [4.78, 5) is 28.7. The zero-order valence-corrected chi connectivity index (χ0v) is 22.8. The molecule has 4 rings (SSSR count). The molecule has 0 radical (unpaired) electrons. The number of aliphatic hydroxyl groups is 1. The van der Waals surface area contributed by atoms with Crippen LogP contribution in [0, 0.1) is 17.3 Å². The van der Waals surface area contributed by atoms with Gasteiger partial charge in [-0.15, -0.1) is 11.6 Å². The Morgan fingerprint density at radius 3 is 2.43 bits per heavy atom. The second-order valence-electron chi connectivity index (χ2n) is 11.9. The molecule has 35 heavy (non-hydrogen) atoms. The van der Waals surface area contributed by atoms with E-state index < -0.39 is 17.1 Å². The van der Waals surface area contributed by atoms with Crippen molar-refractivity contribution >= 4 is 35.0 Å². The van der Waals surface area contributed by atoms with E-state index >= 15 is 0 Å². The van der Waals surface area contributed by atoms with E-state index in [1.54, 1.807) is 12.1 Å². The van der Waals surface area contributed by atoms with Crippen molar-refractivity contribution in [2.24, 2.45) is 17.3 Å². The molecule has 3 N–H and O–H groups in total. The van der Waals surface area contributed by atoms with Crippen molar-refractivity contribution in [3.63, 3.8) is 0 Å². The fourth-order valence-corrected chi connectivity index (χ4v) is 6.84. The number of likely N-dealkylation sites (tertiary alicyclic amines) is 1. The molecule has 6 nitrogen and oxygen atoms in total. The van der Waals surface area contributed by atoms with Crippen LogP contribution in [0.25, 0.3) is 0 Å². The molecule has 8 heteroatoms. The van der Waals surface area contributed by atoms with Gasteiger partial charge in [-0.2, -0.15) is 0 Å². The minimum absolute atomic E-state index is 0.0330. The molecule has 0 bridgehead atoms. The van der Waals surface area contributed by atoms with Gasteiger partial charge in [0.05, 0.1) is 5.60 Å². The monoisotopic (exact) mass is 523 g/mol. The predicted molar refractivity (Wildman–Crippen MR) is 139 cm³/mol. The summed E-state index contributed by atoms with van der Waals surface area (Å²) >= 11 is 12.4. The van der Waals surface area contributed by atoms with E-state index in [2.05, 4.69) is 10.6 Å². The number of hydrogen-bond acceptors (Lipinski definition) is 4. The second kappa shape index (κ2) is 9.85. The van der Waals surface area contributed by atoms with Gasteiger partial charge in [0.1, 0.15) is 6.04 Å². The Balaban J connectivity index is 1.42. The van der Waals surface area contributed by atoms with Crippen LogP contribution in [0.1, 0.15) is 65.4 Å². The Morgan fingerprint density at radius 2 is 1.86 bits per heavy atom. The lowest BCUT2D eigenvalue weighted by atomic mass is 9.66. The topological polar surface area (TPSA) is 81.7 Å². The fourth-order valence-electron chi connectivity index (χ4n) is 6.34. The van der Waals surface area contributed by atoms with Crippen molar-refractivity contribution in [1.29, 1.82) is 0 Å². The molecule has 2 amide bonds. The average Bonchev–Trinajstić information content (AvgIpc) is 3.38. The first-order chi connectivity index (χ1) is 16.4. The third kappa shape index (κ3) is 5.22. The molecule has 2 aliphatic heterocycles. The Hall–Kier alpha value is -1.34. The average molecular weight is 525 g/mol. The minimum atomic E-state index is -1.07. The molecule has 1 spiro atoms. The number of nitrogens with one attached hydrogen (secondary N) is 2. The van der Waals surface area contributed by atoms with E-state index in [1.165, 1.54) is 0 Å². The molecule has 2 saturated heterocycles. The van der Waals surface area contributed by atoms with Crippen LogP contribution in [0.15, 0.2) is 24.3 Å². The van der Waals surface area contributed by atoms with Crippen LogP contribution in [0.4, 0.5) is 0 Å². The van der Waals surface area contributed by atoms with Gasteiger partial charge in [-0.1, -0.05) is 51.4 Å². The quantitative estimate of drug-likeness (QED) is 0.508. The lowest BCUT2D eigenvalue weighted by molar-refractivity contribution is -0.157. The highest BCUT2D eigenvalue weighted by Crippen LogP contribution is 2.46. The van der Waals surface area contributed by atoms with E-state index in [0.717, 1.165) is 37.8 Å². The van der Waals surface area contributed by atoms with Crippen LogP contribution in [0.5, 0.6) is 0 Å². The van der Waals surface area contributed by atoms with Crippen molar-refractivity contribution in [2.75, 3.05) is 19.6 Å². The van der Waals surface area contributed by atoms with Crippen LogP contribution in [-0.2, 0) is 15.2 Å². The van der Waals surface area contributed by atoms with Gasteiger partial charge in [0, 0.05) is 46.9 Å². The van der Waals surface area contributed by atoms with Crippen molar-refractivity contribution in [3.8, 4) is 0 Å². The third-order valence-corrected chi connectivity index (χ3v) is 9.16. The van der Waals surface area contributed by atoms with Crippen LogP contribution in [0.3, 0.4) is 0 Å². The number of carbonyl (C=O) groups excluding carboxylic acids is 2. The van der Waals surface area contributed by atoms with Gasteiger partial charge in [-0.3, -0.25) is 9.59 Å². The number of amides is 2. The van der Waals surface area contributed by atoms with E-state index in [9.17, 15) is 14.7 Å². The number of benzene rings is 1. The Kier molecular flexibility index (Phi) is 7.52. The molecular formula is C27H39Cl2N3O3. The molecule has 5 atom stereocenters. The second-order valence-corrected chi connectivity index (χ2v) is 12.9. The minimum Gasteiger partial charge on any atom is -0.384 e. The molecule has 1 aromatic rings. The summed E-state index contributed by atoms with van der Waals surface area (Å²) in [5.41, 5.74) is -0.876. The summed E-state index contributed by atoms with van der Waals surface area (Å²) in [6.07, 6.45) is 3.84. The van der Waals surface area contributed by atoms with Gasteiger partial charge >= 0.3 is 0 Å². The van der Waals surface area contributed by atoms with Crippen molar-refractivity contribution in [2.45, 2.75) is 82.4 Å². The normalized spacial score (nSPS) is 33.3. The van der Waals surface area contributed by atoms with Gasteiger partial charge in [-0.25, -0.2) is 0 Å². The van der Waals surface area contributed by atoms with Gasteiger partial charge < -0.3 is 20.6 Å². The first kappa shape index (κ1) is 26.7. The van der Waals surface area contributed by atoms with Crippen LogP contribution >= 0.6 is 23.2 Å². The van der Waals surface area contributed by atoms with Crippen LogP contribution in [0.2, 0.25) is 5.02 Å². The van der Waals surface area contributed by atoms with E-state index in [1.807, 2.05) is 44.7 Å². The molecule has 1 saturated carbocycles. The molecule has 0 aromatic heterocycles. The Morgan fingerprint density at radius 1 is 1.17 bits per heavy atom. The number of carbonyl (C=O) groups is 2. The lowest BCUT2D eigenvalue weighted by Crippen LogP contribution is -2.60. The maximum atomic E-state index is 13.6. The van der Waals surface area contributed by atoms with Crippen LogP contribution < -0.4 is 10.6 Å². The number of alkyl halides is 1. The molecule has 3 fully saturated rings. The molecule has 5 unspecified atom stereocenters. The number of nitrogens with zero attached hydrogens (tertiary/aromatic N) is 1. The van der Waals surface area contributed by atoms with Crippen molar-refractivity contribution in [1.82, 2.24) is 15.5 Å². The number of piperidine rings is 1. The standard InChI is InChI=1S/C27H39Cl2N3O3/c1-17(2)22(31-23(33)18-9-10-26(13-18)14-21(29)15-30-26)24(34)32-12-11-27(35,25(3,4)16-32)19-5-7-20(28)8-6-19/h5-8,17-18,21-22,30,35H,9-16H2,1-4H3,(H,31,33). The van der Waals surface area contributed by atoms with Gasteiger partial charge in [-0.05, 0) is 55.7 Å². The third-order valence-electron chi connectivity index (χ3n) is 8.60. The zero-order valence-electron chi connectivity index (χ0n) is 21.2. The molecule has 1 aromatic carbocycles. The largest absolute Gasteiger partial charge is 0.384 e. The molecule has 3 aliphatic rings. The highest BCUT2D eigenvalue weighted by atomic mass is 35.5. The highest BCUT2D eigenvalue weighted by Gasteiger charge is 2.51. The van der Waals surface area contributed by atoms with E-state index in [-0.39, 0.29) is 34.6 Å². The van der Waals surface area contributed by atoms with Crippen LogP contribution in [-0.4, -0.2) is 58.4 Å². The molecule has 2 heterocycles. The summed E-state index contributed by atoms with van der Waals surface area (Å²) in [5, 5.41) is 19.0. The lowest BCUT2D eigenvalue weighted by Gasteiger charge is -2.51. The van der Waals surface area contributed by atoms with Gasteiger partial charge in [0.15, 0.2) is 0 Å². The van der Waals surface area contributed by atoms with Crippen molar-refractivity contribution < 1.29 is 14.7 Å². The van der Waals surface area contributed by atoms with E-state index in [4.69, 9.17) is 23.2 Å². The van der Waals surface area contributed by atoms with Gasteiger partial charge in [0.2, 0.25) is 11.8 Å². The maximum absolute atomic E-state index is 13.6. The summed E-state index contributed by atoms with van der Waals surface area (Å²) in [5.74, 6) is -0.264. The van der Waals surface area contributed by atoms with Crippen molar-refractivity contribution in [3.05, 3.63) is 34.9 Å². The summed E-state index contributed by atoms with van der Waals surface area (Å²) < 4.78 is 0. The Labute approximate surface area is 219 Å².